The maximum Gasteiger partial charge on any atom is 0.303 e. The number of nitrogens with zero attached hydrogens (tertiary/aromatic N) is 1. The summed E-state index contributed by atoms with van der Waals surface area (Å²) in [5, 5.41) is 12.5. The average molecular weight is 356 g/mol. The van der Waals surface area contributed by atoms with Gasteiger partial charge in [0.05, 0.1) is 0 Å². The molecule has 9 heteroatoms. The van der Waals surface area contributed by atoms with Crippen molar-refractivity contribution in [3.05, 3.63) is 47.1 Å². The third-order valence-corrected chi connectivity index (χ3v) is 5.17. The number of rotatable bonds is 7. The zero-order chi connectivity index (χ0) is 17.9. The van der Waals surface area contributed by atoms with E-state index in [1.165, 1.54) is 38.1 Å². The summed E-state index contributed by atoms with van der Waals surface area (Å²) in [6, 6.07) is 4.39. The van der Waals surface area contributed by atoms with Gasteiger partial charge in [0.1, 0.15) is 16.4 Å². The van der Waals surface area contributed by atoms with Gasteiger partial charge < -0.3 is 9.63 Å². The maximum atomic E-state index is 13.1. The molecule has 7 nitrogen and oxygen atoms in total. The topological polar surface area (TPSA) is 110 Å². The first kappa shape index (κ1) is 18.1. The second-order valence-corrected chi connectivity index (χ2v) is 6.96. The van der Waals surface area contributed by atoms with Crippen LogP contribution in [0.1, 0.15) is 35.9 Å². The molecule has 2 rings (SSSR count). The lowest BCUT2D eigenvalue weighted by Crippen LogP contribution is -2.30. The van der Waals surface area contributed by atoms with Crippen molar-refractivity contribution < 1.29 is 27.2 Å². The number of aryl methyl sites for hydroxylation is 2. The smallest absolute Gasteiger partial charge is 0.303 e. The predicted molar refractivity (Wildman–Crippen MR) is 82.3 cm³/mol. The minimum absolute atomic E-state index is 0.0174. The van der Waals surface area contributed by atoms with Crippen LogP contribution in [0.25, 0.3) is 0 Å². The lowest BCUT2D eigenvalue weighted by Gasteiger charge is -2.18. The summed E-state index contributed by atoms with van der Waals surface area (Å²) in [5.74, 6) is -1.39. The predicted octanol–water partition coefficient (Wildman–Crippen LogP) is 2.31. The van der Waals surface area contributed by atoms with Crippen LogP contribution in [0, 0.1) is 19.7 Å². The van der Waals surface area contributed by atoms with Gasteiger partial charge in [-0.25, -0.2) is 17.5 Å². The highest BCUT2D eigenvalue weighted by molar-refractivity contribution is 7.89. The second-order valence-electron chi connectivity index (χ2n) is 5.31. The van der Waals surface area contributed by atoms with Crippen LogP contribution in [-0.4, -0.2) is 24.7 Å². The lowest BCUT2D eigenvalue weighted by atomic mass is 10.0. The maximum absolute atomic E-state index is 13.1. The zero-order valence-corrected chi connectivity index (χ0v) is 13.9. The Labute approximate surface area is 138 Å². The Balaban J connectivity index is 2.33. The molecule has 0 aliphatic carbocycles. The van der Waals surface area contributed by atoms with Gasteiger partial charge in [-0.15, -0.1) is 0 Å². The minimum atomic E-state index is -3.98. The summed E-state index contributed by atoms with van der Waals surface area (Å²) in [6.07, 6.45) is -0.226. The number of carboxylic acids is 1. The van der Waals surface area contributed by atoms with E-state index in [-0.39, 0.29) is 29.2 Å². The number of aromatic nitrogens is 1. The highest BCUT2D eigenvalue weighted by Gasteiger charge is 2.28. The molecule has 0 aliphatic heterocycles. The summed E-state index contributed by atoms with van der Waals surface area (Å²) in [4.78, 5) is 10.8. The van der Waals surface area contributed by atoms with Gasteiger partial charge in [0.2, 0.25) is 10.0 Å². The monoisotopic (exact) mass is 356 g/mol. The van der Waals surface area contributed by atoms with Crippen molar-refractivity contribution in [2.24, 2.45) is 0 Å². The molecule has 0 aliphatic rings. The number of halogens is 1. The summed E-state index contributed by atoms with van der Waals surface area (Å²) < 4.78 is 45.6. The molecule has 2 aromatic rings. The first-order valence-corrected chi connectivity index (χ1v) is 8.61. The van der Waals surface area contributed by atoms with E-state index >= 15 is 0 Å². The van der Waals surface area contributed by atoms with Gasteiger partial charge >= 0.3 is 5.97 Å². The Morgan fingerprint density at radius 1 is 1.33 bits per heavy atom. The first-order chi connectivity index (χ1) is 11.2. The second kappa shape index (κ2) is 7.10. The number of nitrogens with one attached hydrogen (secondary N) is 1. The average Bonchev–Trinajstić information content (AvgIpc) is 2.84. The highest BCUT2D eigenvalue weighted by atomic mass is 32.2. The van der Waals surface area contributed by atoms with Crippen LogP contribution in [0.15, 0.2) is 33.7 Å². The Morgan fingerprint density at radius 2 is 1.96 bits per heavy atom. The van der Waals surface area contributed by atoms with Crippen molar-refractivity contribution in [3.8, 4) is 0 Å². The molecule has 130 valence electrons. The summed E-state index contributed by atoms with van der Waals surface area (Å²) in [7, 11) is -3.98. The van der Waals surface area contributed by atoms with Crippen LogP contribution in [-0.2, 0) is 14.8 Å². The molecule has 0 spiro atoms. The van der Waals surface area contributed by atoms with E-state index in [9.17, 15) is 17.6 Å². The molecule has 0 bridgehead atoms. The first-order valence-electron chi connectivity index (χ1n) is 7.13. The largest absolute Gasteiger partial charge is 0.481 e. The molecule has 1 atom stereocenters. The van der Waals surface area contributed by atoms with E-state index in [1.54, 1.807) is 0 Å². The molecule has 0 saturated heterocycles. The van der Waals surface area contributed by atoms with Crippen molar-refractivity contribution in [1.82, 2.24) is 9.88 Å². The molecule has 1 aromatic carbocycles. The Hall–Kier alpha value is -2.26. The number of hydrogen-bond acceptors (Lipinski definition) is 5. The number of benzene rings is 1. The van der Waals surface area contributed by atoms with Crippen molar-refractivity contribution >= 4 is 16.0 Å². The number of carbonyl (C=O) groups is 1. The molecular formula is C15H17FN2O5S. The Bertz CT molecular complexity index is 811. The molecule has 1 aromatic heterocycles. The zero-order valence-electron chi connectivity index (χ0n) is 13.1. The molecule has 0 radical (unpaired) electrons. The van der Waals surface area contributed by atoms with Crippen LogP contribution < -0.4 is 4.72 Å². The van der Waals surface area contributed by atoms with Gasteiger partial charge in [-0.2, -0.15) is 0 Å². The van der Waals surface area contributed by atoms with E-state index in [2.05, 4.69) is 9.88 Å². The Morgan fingerprint density at radius 3 is 2.46 bits per heavy atom. The number of hydrogen-bond donors (Lipinski definition) is 2. The van der Waals surface area contributed by atoms with Crippen molar-refractivity contribution in [2.75, 3.05) is 0 Å². The highest BCUT2D eigenvalue weighted by Crippen LogP contribution is 2.25. The number of sulfonamides is 1. The third kappa shape index (κ3) is 4.18. The van der Waals surface area contributed by atoms with Gasteiger partial charge in [-0.3, -0.25) is 4.79 Å². The Kier molecular flexibility index (Phi) is 5.35. The van der Waals surface area contributed by atoms with Gasteiger partial charge in [-0.1, -0.05) is 17.3 Å². The van der Waals surface area contributed by atoms with Crippen LogP contribution in [0.5, 0.6) is 0 Å². The van der Waals surface area contributed by atoms with E-state index in [0.29, 0.717) is 5.56 Å². The summed E-state index contributed by atoms with van der Waals surface area (Å²) >= 11 is 0. The molecule has 0 amide bonds. The fourth-order valence-corrected chi connectivity index (χ4v) is 3.95. The van der Waals surface area contributed by atoms with Crippen LogP contribution in [0.3, 0.4) is 0 Å². The van der Waals surface area contributed by atoms with Gasteiger partial charge in [-0.05, 0) is 38.0 Å². The van der Waals surface area contributed by atoms with Crippen LogP contribution in [0.2, 0.25) is 0 Å². The molecule has 1 unspecified atom stereocenters. The van der Waals surface area contributed by atoms with Crippen molar-refractivity contribution in [3.63, 3.8) is 0 Å². The lowest BCUT2D eigenvalue weighted by molar-refractivity contribution is -0.137. The van der Waals surface area contributed by atoms with Gasteiger partial charge in [0.15, 0.2) is 5.76 Å². The molecule has 0 saturated carbocycles. The molecule has 0 fully saturated rings. The quantitative estimate of drug-likeness (QED) is 0.788. The van der Waals surface area contributed by atoms with Crippen molar-refractivity contribution in [1.29, 1.82) is 0 Å². The van der Waals surface area contributed by atoms with E-state index in [1.807, 2.05) is 0 Å². The van der Waals surface area contributed by atoms with Crippen LogP contribution in [0.4, 0.5) is 4.39 Å². The van der Waals surface area contributed by atoms with Gasteiger partial charge in [0, 0.05) is 12.5 Å². The van der Waals surface area contributed by atoms with Crippen molar-refractivity contribution in [2.45, 2.75) is 37.6 Å². The van der Waals surface area contributed by atoms with E-state index in [0.717, 1.165) is 0 Å². The molecular weight excluding hydrogens is 339 g/mol. The number of aliphatic carboxylic acids is 1. The summed E-state index contributed by atoms with van der Waals surface area (Å²) in [6.45, 7) is 2.97. The fraction of sp³-hybridized carbons (Fsp3) is 0.333. The normalized spacial score (nSPS) is 13.0. The summed E-state index contributed by atoms with van der Waals surface area (Å²) in [5.41, 5.74) is 0.670. The standard InChI is InChI=1S/C15H17FN2O5S/c1-9-15(10(2)23-17-9)24(21,22)18-13(7-8-14(19)20)11-3-5-12(16)6-4-11/h3-6,13,18H,7-8H2,1-2H3,(H,19,20). The van der Waals surface area contributed by atoms with E-state index in [4.69, 9.17) is 9.63 Å². The van der Waals surface area contributed by atoms with Gasteiger partial charge in [0.25, 0.3) is 0 Å². The SMILES string of the molecule is Cc1noc(C)c1S(=O)(=O)NC(CCC(=O)O)c1ccc(F)cc1. The molecule has 24 heavy (non-hydrogen) atoms. The molecule has 2 N–H and O–H groups in total. The number of carboxylic acid groups (broad SMARTS) is 1. The molecule has 1 heterocycles. The minimum Gasteiger partial charge on any atom is -0.481 e. The fourth-order valence-electron chi connectivity index (χ4n) is 2.36. The van der Waals surface area contributed by atoms with E-state index < -0.39 is 27.9 Å². The third-order valence-electron chi connectivity index (χ3n) is 3.45. The van der Waals surface area contributed by atoms with Crippen LogP contribution >= 0.6 is 0 Å².